The van der Waals surface area contributed by atoms with E-state index >= 15 is 0 Å². The third-order valence-corrected chi connectivity index (χ3v) is 3.53. The van der Waals surface area contributed by atoms with Gasteiger partial charge in [0.15, 0.2) is 11.5 Å². The third kappa shape index (κ3) is 3.14. The molecule has 1 amide bonds. The van der Waals surface area contributed by atoms with Crippen LogP contribution in [0.15, 0.2) is 18.2 Å². The number of anilines is 1. The van der Waals surface area contributed by atoms with Crippen LogP contribution >= 0.6 is 0 Å². The minimum atomic E-state index is -0.215. The number of aryl methyl sites for hydroxylation is 1. The van der Waals surface area contributed by atoms with Crippen molar-refractivity contribution in [1.29, 1.82) is 0 Å². The minimum Gasteiger partial charge on any atom is -0.454 e. The quantitative estimate of drug-likeness (QED) is 0.854. The Hall–Kier alpha value is -2.54. The Morgan fingerprint density at radius 2 is 2.22 bits per heavy atom. The summed E-state index contributed by atoms with van der Waals surface area (Å²) < 4.78 is 15.6. The van der Waals surface area contributed by atoms with Gasteiger partial charge in [0.25, 0.3) is 0 Å². The molecule has 122 valence electrons. The van der Waals surface area contributed by atoms with E-state index in [0.717, 1.165) is 24.1 Å². The first kappa shape index (κ1) is 15.4. The molecule has 0 spiro atoms. The number of H-pyrrole nitrogens is 1. The van der Waals surface area contributed by atoms with E-state index in [0.29, 0.717) is 22.9 Å². The molecular formula is C16H19N3O4. The van der Waals surface area contributed by atoms with Crippen molar-refractivity contribution in [3.05, 3.63) is 23.9 Å². The number of nitrogens with zero attached hydrogens (tertiary/aromatic N) is 1. The lowest BCUT2D eigenvalue weighted by molar-refractivity contribution is -0.119. The molecule has 2 N–H and O–H groups in total. The number of amides is 1. The largest absolute Gasteiger partial charge is 0.454 e. The Balaban J connectivity index is 1.96. The molecule has 2 heterocycles. The summed E-state index contributed by atoms with van der Waals surface area (Å²) in [5.41, 5.74) is 3.11. The van der Waals surface area contributed by atoms with Gasteiger partial charge in [-0.2, -0.15) is 5.10 Å². The van der Waals surface area contributed by atoms with E-state index in [1.807, 2.05) is 18.2 Å². The van der Waals surface area contributed by atoms with Crippen molar-refractivity contribution in [1.82, 2.24) is 10.2 Å². The van der Waals surface area contributed by atoms with Gasteiger partial charge in [-0.3, -0.25) is 9.89 Å². The monoisotopic (exact) mass is 317 g/mol. The van der Waals surface area contributed by atoms with Crippen LogP contribution in [0, 0.1) is 0 Å². The lowest BCUT2D eigenvalue weighted by Crippen LogP contribution is -2.18. The van der Waals surface area contributed by atoms with Crippen LogP contribution < -0.4 is 14.8 Å². The van der Waals surface area contributed by atoms with Crippen LogP contribution in [-0.4, -0.2) is 36.6 Å². The number of aromatic nitrogens is 2. The topological polar surface area (TPSA) is 85.5 Å². The van der Waals surface area contributed by atoms with Gasteiger partial charge in [-0.25, -0.2) is 0 Å². The van der Waals surface area contributed by atoms with E-state index in [-0.39, 0.29) is 19.3 Å². The van der Waals surface area contributed by atoms with Crippen LogP contribution in [0.25, 0.3) is 11.3 Å². The van der Waals surface area contributed by atoms with Crippen LogP contribution in [0.2, 0.25) is 0 Å². The molecule has 1 aliphatic rings. The van der Waals surface area contributed by atoms with Crippen LogP contribution in [0.3, 0.4) is 0 Å². The van der Waals surface area contributed by atoms with E-state index in [4.69, 9.17) is 14.2 Å². The number of benzene rings is 1. The van der Waals surface area contributed by atoms with Gasteiger partial charge in [-0.1, -0.05) is 13.3 Å². The Morgan fingerprint density at radius 3 is 3.00 bits per heavy atom. The van der Waals surface area contributed by atoms with E-state index in [2.05, 4.69) is 22.4 Å². The number of methoxy groups -OCH3 is 1. The molecule has 0 radical (unpaired) electrons. The van der Waals surface area contributed by atoms with Gasteiger partial charge in [0.05, 0.1) is 11.4 Å². The van der Waals surface area contributed by atoms with Crippen molar-refractivity contribution in [2.45, 2.75) is 19.8 Å². The van der Waals surface area contributed by atoms with Gasteiger partial charge in [0.1, 0.15) is 12.3 Å². The smallest absolute Gasteiger partial charge is 0.250 e. The van der Waals surface area contributed by atoms with Crippen LogP contribution in [0.1, 0.15) is 19.0 Å². The summed E-state index contributed by atoms with van der Waals surface area (Å²) in [7, 11) is 1.49. The SMILES string of the molecule is CCCc1[nH]nc(-c2ccc3c(c2)OCO3)c1NC(=O)COC. The number of carbonyl (C=O) groups excluding carboxylic acids is 1. The summed E-state index contributed by atoms with van der Waals surface area (Å²) in [6.07, 6.45) is 1.73. The maximum Gasteiger partial charge on any atom is 0.250 e. The van der Waals surface area contributed by atoms with Gasteiger partial charge in [0.2, 0.25) is 12.7 Å². The molecular weight excluding hydrogens is 298 g/mol. The second-order valence-electron chi connectivity index (χ2n) is 5.22. The Bertz CT molecular complexity index is 711. The molecule has 0 saturated heterocycles. The minimum absolute atomic E-state index is 0.00265. The molecule has 0 saturated carbocycles. The molecule has 23 heavy (non-hydrogen) atoms. The number of rotatable bonds is 6. The molecule has 0 atom stereocenters. The summed E-state index contributed by atoms with van der Waals surface area (Å²) in [6, 6.07) is 5.60. The average Bonchev–Trinajstić information content (AvgIpc) is 3.14. The summed E-state index contributed by atoms with van der Waals surface area (Å²) in [4.78, 5) is 11.9. The number of carbonyl (C=O) groups is 1. The van der Waals surface area contributed by atoms with Crippen molar-refractivity contribution in [2.75, 3.05) is 25.8 Å². The molecule has 0 bridgehead atoms. The van der Waals surface area contributed by atoms with E-state index in [1.54, 1.807) is 0 Å². The molecule has 1 aromatic carbocycles. The predicted molar refractivity (Wildman–Crippen MR) is 84.6 cm³/mol. The zero-order valence-corrected chi connectivity index (χ0v) is 13.1. The highest BCUT2D eigenvalue weighted by molar-refractivity contribution is 5.96. The lowest BCUT2D eigenvalue weighted by atomic mass is 10.1. The highest BCUT2D eigenvalue weighted by atomic mass is 16.7. The molecule has 0 fully saturated rings. The summed E-state index contributed by atoms with van der Waals surface area (Å²) in [5, 5.41) is 10.3. The Kier molecular flexibility index (Phi) is 4.47. The van der Waals surface area contributed by atoms with E-state index in [1.165, 1.54) is 7.11 Å². The highest BCUT2D eigenvalue weighted by Gasteiger charge is 2.20. The van der Waals surface area contributed by atoms with Gasteiger partial charge in [-0.15, -0.1) is 0 Å². The van der Waals surface area contributed by atoms with E-state index < -0.39 is 0 Å². The predicted octanol–water partition coefficient (Wildman–Crippen LogP) is 2.34. The number of hydrogen-bond donors (Lipinski definition) is 2. The fourth-order valence-corrected chi connectivity index (χ4v) is 2.50. The molecule has 7 heteroatoms. The van der Waals surface area contributed by atoms with Gasteiger partial charge < -0.3 is 19.5 Å². The first-order valence-corrected chi connectivity index (χ1v) is 7.49. The molecule has 3 rings (SSSR count). The van der Waals surface area contributed by atoms with Crippen LogP contribution in [-0.2, 0) is 16.0 Å². The lowest BCUT2D eigenvalue weighted by Gasteiger charge is -2.08. The first-order chi connectivity index (χ1) is 11.2. The third-order valence-electron chi connectivity index (χ3n) is 3.53. The fourth-order valence-electron chi connectivity index (χ4n) is 2.50. The Morgan fingerprint density at radius 1 is 1.39 bits per heavy atom. The first-order valence-electron chi connectivity index (χ1n) is 7.49. The average molecular weight is 317 g/mol. The fraction of sp³-hybridized carbons (Fsp3) is 0.375. The molecule has 0 aliphatic carbocycles. The van der Waals surface area contributed by atoms with Crippen molar-refractivity contribution in [3.8, 4) is 22.8 Å². The zero-order chi connectivity index (χ0) is 16.2. The van der Waals surface area contributed by atoms with Gasteiger partial charge >= 0.3 is 0 Å². The number of ether oxygens (including phenoxy) is 3. The van der Waals surface area contributed by atoms with E-state index in [9.17, 15) is 4.79 Å². The molecule has 1 aliphatic heterocycles. The van der Waals surface area contributed by atoms with Crippen molar-refractivity contribution in [2.24, 2.45) is 0 Å². The van der Waals surface area contributed by atoms with Crippen LogP contribution in [0.4, 0.5) is 5.69 Å². The van der Waals surface area contributed by atoms with Crippen molar-refractivity contribution >= 4 is 11.6 Å². The number of fused-ring (bicyclic) bond motifs is 1. The zero-order valence-electron chi connectivity index (χ0n) is 13.1. The van der Waals surface area contributed by atoms with Gasteiger partial charge in [0, 0.05) is 12.7 Å². The molecule has 1 aromatic heterocycles. The molecule has 7 nitrogen and oxygen atoms in total. The summed E-state index contributed by atoms with van der Waals surface area (Å²) in [5.74, 6) is 1.17. The van der Waals surface area contributed by atoms with Crippen molar-refractivity contribution in [3.63, 3.8) is 0 Å². The highest BCUT2D eigenvalue weighted by Crippen LogP contribution is 2.38. The maximum atomic E-state index is 11.9. The van der Waals surface area contributed by atoms with Gasteiger partial charge in [-0.05, 0) is 24.6 Å². The Labute approximate surface area is 133 Å². The second-order valence-corrected chi connectivity index (χ2v) is 5.22. The second kappa shape index (κ2) is 6.70. The normalized spacial score (nSPS) is 12.4. The van der Waals surface area contributed by atoms with Crippen molar-refractivity contribution < 1.29 is 19.0 Å². The molecule has 2 aromatic rings. The number of hydrogen-bond acceptors (Lipinski definition) is 5. The number of aromatic amines is 1. The summed E-state index contributed by atoms with van der Waals surface area (Å²) >= 11 is 0. The standard InChI is InChI=1S/C16H19N3O4/c1-3-4-11-16(17-14(20)8-21-2)15(19-18-11)10-5-6-12-13(7-10)23-9-22-12/h5-7H,3-4,8-9H2,1-2H3,(H,17,20)(H,18,19). The number of nitrogens with one attached hydrogen (secondary N) is 2. The molecule has 0 unspecified atom stereocenters. The maximum absolute atomic E-state index is 11.9. The summed E-state index contributed by atoms with van der Waals surface area (Å²) in [6.45, 7) is 2.29. The van der Waals surface area contributed by atoms with Crippen LogP contribution in [0.5, 0.6) is 11.5 Å².